The third-order valence-electron chi connectivity index (χ3n) is 6.06. The summed E-state index contributed by atoms with van der Waals surface area (Å²) in [5.74, 6) is -0.139. The number of anilines is 1. The van der Waals surface area contributed by atoms with Crippen LogP contribution in [0, 0.1) is 0 Å². The normalized spacial score (nSPS) is 19.2. The van der Waals surface area contributed by atoms with Crippen molar-refractivity contribution in [2.24, 2.45) is 5.14 Å². The summed E-state index contributed by atoms with van der Waals surface area (Å²) in [6.07, 6.45) is -7.34. The molecule has 14 heteroatoms. The molecule has 1 aliphatic rings. The Morgan fingerprint density at radius 1 is 1.21 bits per heavy atom. The van der Waals surface area contributed by atoms with Crippen molar-refractivity contribution in [3.05, 3.63) is 59.4 Å². The van der Waals surface area contributed by atoms with Crippen LogP contribution in [0.15, 0.2) is 42.5 Å². The minimum absolute atomic E-state index is 0.0172. The first-order chi connectivity index (χ1) is 15.8. The number of nitrogens with two attached hydrogens (primary N) is 1. The predicted octanol–water partition coefficient (Wildman–Crippen LogP) is 3.33. The lowest BCUT2D eigenvalue weighted by Gasteiger charge is -2.49. The van der Waals surface area contributed by atoms with Gasteiger partial charge in [0, 0.05) is 36.7 Å². The molecular formula is C20H21F5N6O2S. The Morgan fingerprint density at radius 3 is 2.41 bits per heavy atom. The van der Waals surface area contributed by atoms with E-state index in [2.05, 4.69) is 15.4 Å². The summed E-state index contributed by atoms with van der Waals surface area (Å²) in [6, 6.07) is 9.81. The van der Waals surface area contributed by atoms with Gasteiger partial charge in [-0.2, -0.15) is 35.5 Å². The van der Waals surface area contributed by atoms with E-state index in [0.717, 1.165) is 20.5 Å². The van der Waals surface area contributed by atoms with Crippen LogP contribution < -0.4 is 10.5 Å². The molecule has 3 heterocycles. The minimum atomic E-state index is -4.80. The Labute approximate surface area is 191 Å². The molecule has 0 radical (unpaired) electrons. The molecule has 3 aromatic rings. The van der Waals surface area contributed by atoms with Gasteiger partial charge in [0.2, 0.25) is 0 Å². The maximum atomic E-state index is 13.4. The first kappa shape index (κ1) is 24.3. The van der Waals surface area contributed by atoms with Crippen molar-refractivity contribution in [2.75, 3.05) is 18.4 Å². The second-order valence-electron chi connectivity index (χ2n) is 8.26. The van der Waals surface area contributed by atoms with Crippen LogP contribution in [0.5, 0.6) is 0 Å². The molecule has 3 N–H and O–H groups in total. The quantitative estimate of drug-likeness (QED) is 0.481. The Bertz CT molecular complexity index is 1300. The molecule has 0 spiro atoms. The number of rotatable bonds is 7. The van der Waals surface area contributed by atoms with Gasteiger partial charge >= 0.3 is 6.18 Å². The molecule has 2 unspecified atom stereocenters. The van der Waals surface area contributed by atoms with Crippen LogP contribution in [0.25, 0.3) is 5.65 Å². The number of halogens is 5. The molecule has 1 aromatic carbocycles. The number of alkyl halides is 5. The second-order valence-corrected chi connectivity index (χ2v) is 9.76. The lowest BCUT2D eigenvalue weighted by Crippen LogP contribution is -2.63. The van der Waals surface area contributed by atoms with Crippen LogP contribution in [0.2, 0.25) is 0 Å². The molecule has 1 fully saturated rings. The summed E-state index contributed by atoms with van der Waals surface area (Å²) in [4.78, 5) is 3.59. The fourth-order valence-electron chi connectivity index (χ4n) is 4.18. The zero-order chi connectivity index (χ0) is 24.9. The van der Waals surface area contributed by atoms with Gasteiger partial charge in [0.25, 0.3) is 16.6 Å². The Kier molecular flexibility index (Phi) is 6.02. The van der Waals surface area contributed by atoms with E-state index in [1.165, 1.54) is 0 Å². The third kappa shape index (κ3) is 4.44. The van der Waals surface area contributed by atoms with Gasteiger partial charge in [0.15, 0.2) is 11.3 Å². The number of hydrogen-bond acceptors (Lipinski definition) is 5. The molecule has 0 saturated carbocycles. The third-order valence-corrected chi connectivity index (χ3v) is 7.15. The van der Waals surface area contributed by atoms with Crippen LogP contribution in [-0.2, 0) is 21.8 Å². The van der Waals surface area contributed by atoms with Gasteiger partial charge in [-0.1, -0.05) is 37.3 Å². The van der Waals surface area contributed by atoms with E-state index in [1.807, 2.05) is 0 Å². The summed E-state index contributed by atoms with van der Waals surface area (Å²) < 4.78 is 92.4. The van der Waals surface area contributed by atoms with E-state index >= 15 is 0 Å². The molecule has 2 atom stereocenters. The van der Waals surface area contributed by atoms with Crippen molar-refractivity contribution in [3.63, 3.8) is 0 Å². The summed E-state index contributed by atoms with van der Waals surface area (Å²) in [6.45, 7) is 1.97. The Morgan fingerprint density at radius 2 is 1.88 bits per heavy atom. The smallest absolute Gasteiger partial charge is 0.369 e. The van der Waals surface area contributed by atoms with Crippen molar-refractivity contribution in [1.82, 2.24) is 18.9 Å². The summed E-state index contributed by atoms with van der Waals surface area (Å²) >= 11 is 0. The highest BCUT2D eigenvalue weighted by Crippen LogP contribution is 2.39. The highest BCUT2D eigenvalue weighted by Gasteiger charge is 2.48. The summed E-state index contributed by atoms with van der Waals surface area (Å²) in [7, 11) is -4.00. The van der Waals surface area contributed by atoms with Gasteiger partial charge in [0.1, 0.15) is 11.5 Å². The summed E-state index contributed by atoms with van der Waals surface area (Å²) in [5, 5.41) is 11.7. The highest BCUT2D eigenvalue weighted by molar-refractivity contribution is 7.86. The van der Waals surface area contributed by atoms with Gasteiger partial charge in [-0.25, -0.2) is 18.9 Å². The van der Waals surface area contributed by atoms with Gasteiger partial charge in [0.05, 0.1) is 0 Å². The average molecular weight is 504 g/mol. The number of hydrogen-bond donors (Lipinski definition) is 2. The fraction of sp³-hybridized carbons (Fsp3) is 0.400. The van der Waals surface area contributed by atoms with E-state index in [9.17, 15) is 30.4 Å². The second kappa shape index (κ2) is 8.43. The van der Waals surface area contributed by atoms with Crippen LogP contribution in [0.4, 0.5) is 27.8 Å². The largest absolute Gasteiger partial charge is 0.435 e. The number of aromatic nitrogens is 3. The maximum Gasteiger partial charge on any atom is 0.435 e. The maximum absolute atomic E-state index is 13.4. The van der Waals surface area contributed by atoms with Crippen molar-refractivity contribution in [3.8, 4) is 0 Å². The Hall–Kier alpha value is -2.84. The van der Waals surface area contributed by atoms with Gasteiger partial charge in [-0.05, 0) is 12.0 Å². The zero-order valence-corrected chi connectivity index (χ0v) is 18.6. The number of fused-ring (bicyclic) bond motifs is 1. The first-order valence-corrected chi connectivity index (χ1v) is 11.7. The number of benzene rings is 1. The van der Waals surface area contributed by atoms with Gasteiger partial charge in [-0.3, -0.25) is 0 Å². The van der Waals surface area contributed by atoms with Crippen LogP contribution in [0.1, 0.15) is 36.7 Å². The van der Waals surface area contributed by atoms with Crippen molar-refractivity contribution >= 4 is 21.7 Å². The van der Waals surface area contributed by atoms with E-state index in [-0.39, 0.29) is 18.9 Å². The minimum Gasteiger partial charge on any atom is -0.369 e. The molecular weight excluding hydrogens is 483 g/mol. The standard InChI is InChI=1S/C20H21F5N6O2S/c1-19(12-5-3-2-4-6-12,15-7-8-30(15)34(26,32)33)11-27-16-9-13(18(21)22)28-17-10-14(20(23,24)25)29-31(16)17/h2-6,9-10,15,18,27H,7-8,11H2,1H3,(H2,26,32,33). The average Bonchev–Trinajstić information content (AvgIpc) is 3.15. The monoisotopic (exact) mass is 504 g/mol. The molecule has 1 saturated heterocycles. The number of nitrogens with one attached hydrogen (secondary N) is 1. The fourth-order valence-corrected chi connectivity index (χ4v) is 5.23. The SMILES string of the molecule is CC(CNc1cc(C(F)F)nc2cc(C(F)(F)F)nn12)(c1ccccc1)C1CCN1S(N)(=O)=O. The molecule has 34 heavy (non-hydrogen) atoms. The van der Waals surface area contributed by atoms with Gasteiger partial charge in [-0.15, -0.1) is 0 Å². The van der Waals surface area contributed by atoms with E-state index in [0.29, 0.717) is 12.5 Å². The highest BCUT2D eigenvalue weighted by atomic mass is 32.2. The van der Waals surface area contributed by atoms with Crippen LogP contribution in [0.3, 0.4) is 0 Å². The first-order valence-electron chi connectivity index (χ1n) is 10.2. The zero-order valence-electron chi connectivity index (χ0n) is 17.8. The molecule has 0 amide bonds. The Balaban J connectivity index is 1.75. The molecule has 1 aliphatic heterocycles. The van der Waals surface area contributed by atoms with E-state index in [4.69, 9.17) is 5.14 Å². The molecule has 0 bridgehead atoms. The lowest BCUT2D eigenvalue weighted by atomic mass is 9.72. The molecule has 2 aromatic heterocycles. The van der Waals surface area contributed by atoms with Crippen LogP contribution in [-0.4, -0.2) is 46.5 Å². The van der Waals surface area contributed by atoms with Gasteiger partial charge < -0.3 is 5.32 Å². The molecule has 0 aliphatic carbocycles. The van der Waals surface area contributed by atoms with Crippen LogP contribution >= 0.6 is 0 Å². The van der Waals surface area contributed by atoms with Crippen molar-refractivity contribution < 1.29 is 30.4 Å². The van der Waals surface area contributed by atoms with E-state index < -0.39 is 51.3 Å². The molecule has 184 valence electrons. The van der Waals surface area contributed by atoms with Crippen molar-refractivity contribution in [1.29, 1.82) is 0 Å². The summed E-state index contributed by atoms with van der Waals surface area (Å²) in [5.41, 5.74) is -2.58. The lowest BCUT2D eigenvalue weighted by molar-refractivity contribution is -0.141. The predicted molar refractivity (Wildman–Crippen MR) is 113 cm³/mol. The van der Waals surface area contributed by atoms with Crippen molar-refractivity contribution in [2.45, 2.75) is 37.4 Å². The molecule has 8 nitrogen and oxygen atoms in total. The molecule has 4 rings (SSSR count). The van der Waals surface area contributed by atoms with E-state index in [1.54, 1.807) is 37.3 Å². The topological polar surface area (TPSA) is 106 Å². The number of nitrogens with zero attached hydrogens (tertiary/aromatic N) is 4.